The van der Waals surface area contributed by atoms with Gasteiger partial charge in [-0.05, 0) is 42.9 Å². The van der Waals surface area contributed by atoms with E-state index in [0.29, 0.717) is 17.4 Å². The highest BCUT2D eigenvalue weighted by atomic mass is 32.1. The maximum absolute atomic E-state index is 12.7. The quantitative estimate of drug-likeness (QED) is 0.643. The van der Waals surface area contributed by atoms with Crippen molar-refractivity contribution in [1.29, 1.82) is 0 Å². The second-order valence-corrected chi connectivity index (χ2v) is 3.98. The number of nitrogens with zero attached hydrogens (tertiary/aromatic N) is 1. The SMILES string of the molecule is CCN1C(=O)/C(=C/c2ccc(F)cc2)NC1=S. The summed E-state index contributed by atoms with van der Waals surface area (Å²) >= 11 is 5.02. The Balaban J connectivity index is 2.27. The zero-order chi connectivity index (χ0) is 12.4. The molecule has 0 atom stereocenters. The predicted octanol–water partition coefficient (Wildman–Crippen LogP) is 1.90. The van der Waals surface area contributed by atoms with E-state index in [1.54, 1.807) is 18.2 Å². The molecule has 0 spiro atoms. The molecule has 1 aromatic carbocycles. The number of hydrogen-bond donors (Lipinski definition) is 1. The number of carbonyl (C=O) groups is 1. The first kappa shape index (κ1) is 11.7. The van der Waals surface area contributed by atoms with Crippen LogP contribution in [0.1, 0.15) is 12.5 Å². The van der Waals surface area contributed by atoms with Gasteiger partial charge >= 0.3 is 0 Å². The summed E-state index contributed by atoms with van der Waals surface area (Å²) in [6, 6.07) is 5.91. The molecule has 1 saturated heterocycles. The number of thiocarbonyl (C=S) groups is 1. The number of carbonyl (C=O) groups excluding carboxylic acids is 1. The zero-order valence-corrected chi connectivity index (χ0v) is 10.1. The van der Waals surface area contributed by atoms with Crippen molar-refractivity contribution < 1.29 is 9.18 Å². The zero-order valence-electron chi connectivity index (χ0n) is 9.24. The van der Waals surface area contributed by atoms with E-state index in [-0.39, 0.29) is 11.7 Å². The summed E-state index contributed by atoms with van der Waals surface area (Å²) in [6.07, 6.45) is 1.66. The summed E-state index contributed by atoms with van der Waals surface area (Å²) < 4.78 is 12.7. The number of likely N-dealkylation sites (N-methyl/N-ethyl adjacent to an activating group) is 1. The molecule has 2 rings (SSSR count). The molecule has 88 valence electrons. The normalized spacial score (nSPS) is 17.8. The lowest BCUT2D eigenvalue weighted by molar-refractivity contribution is -0.122. The third-order valence-electron chi connectivity index (χ3n) is 2.46. The summed E-state index contributed by atoms with van der Waals surface area (Å²) in [7, 11) is 0. The number of amides is 1. The Labute approximate surface area is 104 Å². The van der Waals surface area contributed by atoms with Gasteiger partial charge in [-0.1, -0.05) is 12.1 Å². The minimum absolute atomic E-state index is 0.151. The van der Waals surface area contributed by atoms with Gasteiger partial charge in [-0.3, -0.25) is 9.69 Å². The Morgan fingerprint density at radius 1 is 1.41 bits per heavy atom. The number of hydrogen-bond acceptors (Lipinski definition) is 2. The van der Waals surface area contributed by atoms with Gasteiger partial charge in [0.15, 0.2) is 5.11 Å². The van der Waals surface area contributed by atoms with Crippen molar-refractivity contribution in [2.24, 2.45) is 0 Å². The molecule has 0 radical (unpaired) electrons. The minimum Gasteiger partial charge on any atom is -0.328 e. The van der Waals surface area contributed by atoms with E-state index < -0.39 is 0 Å². The van der Waals surface area contributed by atoms with Crippen molar-refractivity contribution in [1.82, 2.24) is 10.2 Å². The van der Waals surface area contributed by atoms with Crippen molar-refractivity contribution in [3.8, 4) is 0 Å². The summed E-state index contributed by atoms with van der Waals surface area (Å²) in [5.41, 5.74) is 1.17. The molecule has 0 unspecified atom stereocenters. The fraction of sp³-hybridized carbons (Fsp3) is 0.167. The van der Waals surface area contributed by atoms with Crippen molar-refractivity contribution in [3.05, 3.63) is 41.3 Å². The van der Waals surface area contributed by atoms with Gasteiger partial charge in [0.25, 0.3) is 5.91 Å². The molecule has 17 heavy (non-hydrogen) atoms. The Bertz CT molecular complexity index is 496. The third kappa shape index (κ3) is 2.34. The van der Waals surface area contributed by atoms with Gasteiger partial charge in [0, 0.05) is 6.54 Å². The van der Waals surface area contributed by atoms with Gasteiger partial charge in [0.1, 0.15) is 11.5 Å². The lowest BCUT2D eigenvalue weighted by Gasteiger charge is -2.08. The maximum Gasteiger partial charge on any atom is 0.276 e. The van der Waals surface area contributed by atoms with Crippen LogP contribution in [0.2, 0.25) is 0 Å². The van der Waals surface area contributed by atoms with Crippen LogP contribution in [0.3, 0.4) is 0 Å². The molecular formula is C12H11FN2OS. The van der Waals surface area contributed by atoms with Gasteiger partial charge in [-0.15, -0.1) is 0 Å². The summed E-state index contributed by atoms with van der Waals surface area (Å²) in [4.78, 5) is 13.3. The van der Waals surface area contributed by atoms with Gasteiger partial charge in [-0.25, -0.2) is 4.39 Å². The minimum atomic E-state index is -0.302. The lowest BCUT2D eigenvalue weighted by atomic mass is 10.2. The molecule has 0 aromatic heterocycles. The average molecular weight is 250 g/mol. The molecule has 5 heteroatoms. The maximum atomic E-state index is 12.7. The molecule has 0 bridgehead atoms. The van der Waals surface area contributed by atoms with Crippen LogP contribution in [-0.2, 0) is 4.79 Å². The number of benzene rings is 1. The second-order valence-electron chi connectivity index (χ2n) is 3.59. The molecule has 1 fully saturated rings. The molecule has 0 aliphatic carbocycles. The molecule has 1 amide bonds. The van der Waals surface area contributed by atoms with Gasteiger partial charge in [0.2, 0.25) is 0 Å². The van der Waals surface area contributed by atoms with Crippen LogP contribution in [0.4, 0.5) is 4.39 Å². The van der Waals surface area contributed by atoms with Crippen molar-refractivity contribution in [3.63, 3.8) is 0 Å². The second kappa shape index (κ2) is 4.63. The molecule has 1 aromatic rings. The number of halogens is 1. The van der Waals surface area contributed by atoms with Gasteiger partial charge in [0.05, 0.1) is 0 Å². The van der Waals surface area contributed by atoms with Gasteiger partial charge in [-0.2, -0.15) is 0 Å². The van der Waals surface area contributed by atoms with Crippen LogP contribution < -0.4 is 5.32 Å². The average Bonchev–Trinajstić information content (AvgIpc) is 2.57. The predicted molar refractivity (Wildman–Crippen MR) is 67.5 cm³/mol. The largest absolute Gasteiger partial charge is 0.328 e. The monoisotopic (exact) mass is 250 g/mol. The molecule has 1 aliphatic rings. The number of rotatable bonds is 2. The Hall–Kier alpha value is -1.75. The Morgan fingerprint density at radius 2 is 2.06 bits per heavy atom. The summed E-state index contributed by atoms with van der Waals surface area (Å²) in [5.74, 6) is -0.453. The van der Waals surface area contributed by atoms with Crippen molar-refractivity contribution in [2.45, 2.75) is 6.92 Å². The van der Waals surface area contributed by atoms with E-state index in [9.17, 15) is 9.18 Å². The Morgan fingerprint density at radius 3 is 2.59 bits per heavy atom. The first-order valence-electron chi connectivity index (χ1n) is 5.22. The van der Waals surface area contributed by atoms with E-state index in [4.69, 9.17) is 12.2 Å². The van der Waals surface area contributed by atoms with E-state index >= 15 is 0 Å². The van der Waals surface area contributed by atoms with Crippen molar-refractivity contribution in [2.75, 3.05) is 6.54 Å². The van der Waals surface area contributed by atoms with Crippen molar-refractivity contribution >= 4 is 29.3 Å². The Kier molecular flexibility index (Phi) is 3.19. The molecule has 0 saturated carbocycles. The molecule has 1 N–H and O–H groups in total. The highest BCUT2D eigenvalue weighted by Crippen LogP contribution is 2.14. The fourth-order valence-corrected chi connectivity index (χ4v) is 1.91. The van der Waals surface area contributed by atoms with Crippen LogP contribution in [0.25, 0.3) is 6.08 Å². The number of nitrogens with one attached hydrogen (secondary N) is 1. The van der Waals surface area contributed by atoms with Crippen LogP contribution >= 0.6 is 12.2 Å². The smallest absolute Gasteiger partial charge is 0.276 e. The first-order chi connectivity index (χ1) is 8.11. The van der Waals surface area contributed by atoms with Crippen LogP contribution in [0, 0.1) is 5.82 Å². The highest BCUT2D eigenvalue weighted by molar-refractivity contribution is 7.80. The van der Waals surface area contributed by atoms with E-state index in [0.717, 1.165) is 5.56 Å². The topological polar surface area (TPSA) is 32.3 Å². The van der Waals surface area contributed by atoms with E-state index in [2.05, 4.69) is 5.32 Å². The van der Waals surface area contributed by atoms with E-state index in [1.165, 1.54) is 17.0 Å². The first-order valence-corrected chi connectivity index (χ1v) is 5.62. The highest BCUT2D eigenvalue weighted by Gasteiger charge is 2.28. The van der Waals surface area contributed by atoms with Crippen LogP contribution in [0.15, 0.2) is 30.0 Å². The molecule has 1 heterocycles. The lowest BCUT2D eigenvalue weighted by Crippen LogP contribution is -2.30. The van der Waals surface area contributed by atoms with Crippen LogP contribution in [0.5, 0.6) is 0 Å². The molecule has 1 aliphatic heterocycles. The molecular weight excluding hydrogens is 239 g/mol. The van der Waals surface area contributed by atoms with Crippen LogP contribution in [-0.4, -0.2) is 22.5 Å². The van der Waals surface area contributed by atoms with E-state index in [1.807, 2.05) is 6.92 Å². The molecule has 3 nitrogen and oxygen atoms in total. The van der Waals surface area contributed by atoms with Gasteiger partial charge < -0.3 is 5.32 Å². The fourth-order valence-electron chi connectivity index (χ4n) is 1.58. The summed E-state index contributed by atoms with van der Waals surface area (Å²) in [6.45, 7) is 2.39. The summed E-state index contributed by atoms with van der Waals surface area (Å²) in [5, 5.41) is 3.25. The standard InChI is InChI=1S/C12H11FN2OS/c1-2-15-11(16)10(14-12(15)17)7-8-3-5-9(13)6-4-8/h3-7H,2H2,1H3,(H,14,17)/b10-7-. The third-order valence-corrected chi connectivity index (χ3v) is 2.78.